The molecule has 2 aromatic rings. The van der Waals surface area contributed by atoms with E-state index in [1.807, 2.05) is 12.2 Å². The second-order valence-electron chi connectivity index (χ2n) is 4.98. The van der Waals surface area contributed by atoms with Gasteiger partial charge in [0.15, 0.2) is 5.16 Å². The van der Waals surface area contributed by atoms with Gasteiger partial charge in [0.1, 0.15) is 0 Å². The summed E-state index contributed by atoms with van der Waals surface area (Å²) in [6.45, 7) is 4.09. The monoisotopic (exact) mass is 334 g/mol. The number of fused-ring (bicyclic) bond motifs is 1. The number of carbonyl (C=O) groups excluding carboxylic acids is 2. The lowest BCUT2D eigenvalue weighted by Crippen LogP contribution is -2.39. The number of rotatable bonds is 5. The quantitative estimate of drug-likeness (QED) is 0.636. The van der Waals surface area contributed by atoms with Gasteiger partial charge in [0.2, 0.25) is 5.91 Å². The largest absolute Gasteiger partial charge is 0.351 e. The number of aromatic nitrogens is 2. The standard InChI is InChI=1S/C15H18N4O3S/c1-3-8-19-13(21)10-6-4-5-7-11(10)17-15(19)23-9(2)12(20)18-14(16)22/h4-7,9H,3,8H2,1-2H3,(H3,16,18,20,22)/t9-/m0/s1. The highest BCUT2D eigenvalue weighted by molar-refractivity contribution is 8.00. The minimum Gasteiger partial charge on any atom is -0.351 e. The summed E-state index contributed by atoms with van der Waals surface area (Å²) in [5, 5.41) is 2.41. The summed E-state index contributed by atoms with van der Waals surface area (Å²) < 4.78 is 1.56. The second-order valence-corrected chi connectivity index (χ2v) is 6.29. The molecule has 0 saturated carbocycles. The van der Waals surface area contributed by atoms with Crippen molar-refractivity contribution in [1.82, 2.24) is 14.9 Å². The number of urea groups is 1. The number of benzene rings is 1. The molecule has 2 rings (SSSR count). The SMILES string of the molecule is CCCn1c(S[C@@H](C)C(=O)NC(N)=O)nc2ccccc2c1=O. The van der Waals surface area contributed by atoms with E-state index in [0.717, 1.165) is 18.2 Å². The third kappa shape index (κ3) is 3.89. The highest BCUT2D eigenvalue weighted by atomic mass is 32.2. The first kappa shape index (κ1) is 17.0. The molecular weight excluding hydrogens is 316 g/mol. The maximum Gasteiger partial charge on any atom is 0.318 e. The molecule has 0 aliphatic rings. The van der Waals surface area contributed by atoms with Crippen LogP contribution in [-0.4, -0.2) is 26.7 Å². The third-order valence-corrected chi connectivity index (χ3v) is 4.26. The number of thioether (sulfide) groups is 1. The Labute approximate surface area is 137 Å². The first-order valence-electron chi connectivity index (χ1n) is 7.20. The highest BCUT2D eigenvalue weighted by Crippen LogP contribution is 2.22. The van der Waals surface area contributed by atoms with Crippen LogP contribution in [0.3, 0.4) is 0 Å². The average molecular weight is 334 g/mol. The van der Waals surface area contributed by atoms with E-state index in [4.69, 9.17) is 5.73 Å². The molecule has 0 fully saturated rings. The summed E-state index contributed by atoms with van der Waals surface area (Å²) >= 11 is 1.12. The topological polar surface area (TPSA) is 107 Å². The molecule has 1 atom stereocenters. The molecule has 1 aromatic heterocycles. The number of amides is 3. The molecule has 0 unspecified atom stereocenters. The van der Waals surface area contributed by atoms with Gasteiger partial charge in [-0.15, -0.1) is 0 Å². The van der Waals surface area contributed by atoms with Crippen LogP contribution in [-0.2, 0) is 11.3 Å². The van der Waals surface area contributed by atoms with Gasteiger partial charge in [0.05, 0.1) is 16.2 Å². The number of hydrogen-bond donors (Lipinski definition) is 2. The van der Waals surface area contributed by atoms with Crippen LogP contribution in [0.5, 0.6) is 0 Å². The summed E-state index contributed by atoms with van der Waals surface area (Å²) in [5.41, 5.74) is 5.39. The molecule has 1 heterocycles. The number of hydrogen-bond acceptors (Lipinski definition) is 5. The fourth-order valence-electron chi connectivity index (χ4n) is 2.09. The average Bonchev–Trinajstić information content (AvgIpc) is 2.50. The Morgan fingerprint density at radius 1 is 1.39 bits per heavy atom. The first-order valence-corrected chi connectivity index (χ1v) is 8.08. The van der Waals surface area contributed by atoms with Crippen molar-refractivity contribution in [2.24, 2.45) is 5.73 Å². The molecule has 3 N–H and O–H groups in total. The van der Waals surface area contributed by atoms with E-state index in [-0.39, 0.29) is 5.56 Å². The maximum atomic E-state index is 12.6. The maximum absolute atomic E-state index is 12.6. The van der Waals surface area contributed by atoms with Crippen LogP contribution in [0.25, 0.3) is 10.9 Å². The molecule has 23 heavy (non-hydrogen) atoms. The number of para-hydroxylation sites is 1. The van der Waals surface area contributed by atoms with Crippen LogP contribution in [0.4, 0.5) is 4.79 Å². The molecule has 0 aliphatic heterocycles. The van der Waals surface area contributed by atoms with Gasteiger partial charge in [-0.05, 0) is 25.5 Å². The Morgan fingerprint density at radius 2 is 2.09 bits per heavy atom. The van der Waals surface area contributed by atoms with Gasteiger partial charge >= 0.3 is 6.03 Å². The van der Waals surface area contributed by atoms with Crippen molar-refractivity contribution in [1.29, 1.82) is 0 Å². The van der Waals surface area contributed by atoms with Gasteiger partial charge < -0.3 is 5.73 Å². The molecular formula is C15H18N4O3S. The van der Waals surface area contributed by atoms with Gasteiger partial charge in [-0.2, -0.15) is 0 Å². The van der Waals surface area contributed by atoms with Crippen molar-refractivity contribution in [2.75, 3.05) is 0 Å². The van der Waals surface area contributed by atoms with E-state index in [1.165, 1.54) is 0 Å². The number of nitrogens with one attached hydrogen (secondary N) is 1. The number of nitrogens with zero attached hydrogens (tertiary/aromatic N) is 2. The third-order valence-electron chi connectivity index (χ3n) is 3.17. The smallest absolute Gasteiger partial charge is 0.318 e. The fraction of sp³-hybridized carbons (Fsp3) is 0.333. The van der Waals surface area contributed by atoms with Crippen molar-refractivity contribution in [3.63, 3.8) is 0 Å². The summed E-state index contributed by atoms with van der Waals surface area (Å²) in [6.07, 6.45) is 0.759. The van der Waals surface area contributed by atoms with E-state index < -0.39 is 17.2 Å². The second kappa shape index (κ2) is 7.28. The van der Waals surface area contributed by atoms with E-state index >= 15 is 0 Å². The van der Waals surface area contributed by atoms with Gasteiger partial charge in [-0.1, -0.05) is 30.8 Å². The zero-order valence-corrected chi connectivity index (χ0v) is 13.7. The summed E-state index contributed by atoms with van der Waals surface area (Å²) in [6, 6.07) is 6.17. The number of carbonyl (C=O) groups is 2. The lowest BCUT2D eigenvalue weighted by atomic mass is 10.2. The van der Waals surface area contributed by atoms with Gasteiger partial charge in [0.25, 0.3) is 5.56 Å². The Kier molecular flexibility index (Phi) is 5.38. The molecule has 8 heteroatoms. The van der Waals surface area contributed by atoms with Crippen LogP contribution >= 0.6 is 11.8 Å². The highest BCUT2D eigenvalue weighted by Gasteiger charge is 2.20. The molecule has 0 aliphatic carbocycles. The fourth-order valence-corrected chi connectivity index (χ4v) is 3.03. The predicted octanol–water partition coefficient (Wildman–Crippen LogP) is 1.48. The lowest BCUT2D eigenvalue weighted by molar-refractivity contribution is -0.119. The summed E-state index contributed by atoms with van der Waals surface area (Å²) in [4.78, 5) is 39.7. The normalized spacial score (nSPS) is 12.1. The Hall–Kier alpha value is -2.35. The number of nitrogens with two attached hydrogens (primary N) is 1. The van der Waals surface area contributed by atoms with Crippen LogP contribution in [0.2, 0.25) is 0 Å². The molecule has 0 spiro atoms. The molecule has 0 saturated heterocycles. The van der Waals surface area contributed by atoms with Crippen molar-refractivity contribution >= 4 is 34.6 Å². The minimum atomic E-state index is -0.903. The molecule has 1 aromatic carbocycles. The van der Waals surface area contributed by atoms with Crippen LogP contribution in [0, 0.1) is 0 Å². The van der Waals surface area contributed by atoms with Crippen LogP contribution < -0.4 is 16.6 Å². The molecule has 0 radical (unpaired) electrons. The van der Waals surface area contributed by atoms with Crippen molar-refractivity contribution in [3.8, 4) is 0 Å². The van der Waals surface area contributed by atoms with E-state index in [2.05, 4.69) is 4.98 Å². The van der Waals surface area contributed by atoms with Crippen LogP contribution in [0.15, 0.2) is 34.2 Å². The van der Waals surface area contributed by atoms with E-state index in [9.17, 15) is 14.4 Å². The first-order chi connectivity index (χ1) is 10.9. The van der Waals surface area contributed by atoms with Crippen molar-refractivity contribution in [3.05, 3.63) is 34.6 Å². The van der Waals surface area contributed by atoms with Gasteiger partial charge in [-0.3, -0.25) is 19.5 Å². The van der Waals surface area contributed by atoms with Crippen molar-refractivity contribution in [2.45, 2.75) is 37.2 Å². The zero-order valence-electron chi connectivity index (χ0n) is 12.9. The van der Waals surface area contributed by atoms with E-state index in [1.54, 1.807) is 35.8 Å². The zero-order chi connectivity index (χ0) is 17.0. The van der Waals surface area contributed by atoms with Gasteiger partial charge in [0, 0.05) is 6.54 Å². The van der Waals surface area contributed by atoms with Gasteiger partial charge in [-0.25, -0.2) is 9.78 Å². The van der Waals surface area contributed by atoms with Crippen LogP contribution in [0.1, 0.15) is 20.3 Å². The Balaban J connectivity index is 2.42. The molecule has 0 bridgehead atoms. The summed E-state index contributed by atoms with van der Waals surface area (Å²) in [5.74, 6) is -0.520. The Bertz CT molecular complexity index is 803. The van der Waals surface area contributed by atoms with Crippen molar-refractivity contribution < 1.29 is 9.59 Å². The van der Waals surface area contributed by atoms with E-state index in [0.29, 0.717) is 22.6 Å². The molecule has 7 nitrogen and oxygen atoms in total. The molecule has 3 amide bonds. The Morgan fingerprint density at radius 3 is 2.74 bits per heavy atom. The number of imide groups is 1. The summed E-state index contributed by atoms with van der Waals surface area (Å²) in [7, 11) is 0. The molecule has 122 valence electrons. The minimum absolute atomic E-state index is 0.137. The lowest BCUT2D eigenvalue weighted by Gasteiger charge is -2.15. The number of primary amides is 1. The predicted molar refractivity (Wildman–Crippen MR) is 89.3 cm³/mol.